The zero-order valence-corrected chi connectivity index (χ0v) is 9.50. The summed E-state index contributed by atoms with van der Waals surface area (Å²) < 4.78 is 1.23. The Kier molecular flexibility index (Phi) is 1.86. The lowest BCUT2D eigenvalue weighted by Crippen LogP contribution is -2.38. The molecule has 14 heavy (non-hydrogen) atoms. The molecule has 1 aromatic carbocycles. The molecule has 2 aliphatic rings. The Balaban J connectivity index is 2.11. The molecule has 1 aromatic rings. The van der Waals surface area contributed by atoms with Crippen LogP contribution in [0.25, 0.3) is 0 Å². The lowest BCUT2D eigenvalue weighted by Gasteiger charge is -2.24. The molecule has 74 valence electrons. The second-order valence-electron chi connectivity index (χ2n) is 4.15. The minimum atomic E-state index is 0.232. The molecule has 2 nitrogen and oxygen atoms in total. The summed E-state index contributed by atoms with van der Waals surface area (Å²) in [7, 11) is 0. The summed E-state index contributed by atoms with van der Waals surface area (Å²) in [6.07, 6.45) is 3.76. The number of nitrogens with two attached hydrogens (primary N) is 1. The van der Waals surface area contributed by atoms with Crippen molar-refractivity contribution >= 4 is 21.6 Å². The minimum Gasteiger partial charge on any atom is -0.353 e. The van der Waals surface area contributed by atoms with Crippen LogP contribution < -0.4 is 10.6 Å². The fraction of sp³-hybridized carbons (Fsp3) is 0.455. The number of hydrogen-bond donors (Lipinski definition) is 1. The highest BCUT2D eigenvalue weighted by Crippen LogP contribution is 2.42. The van der Waals surface area contributed by atoms with E-state index in [9.17, 15) is 0 Å². The Morgan fingerprint density at radius 1 is 1.36 bits per heavy atom. The van der Waals surface area contributed by atoms with Gasteiger partial charge >= 0.3 is 0 Å². The van der Waals surface area contributed by atoms with Crippen molar-refractivity contribution in [2.75, 3.05) is 4.90 Å². The van der Waals surface area contributed by atoms with Crippen LogP contribution in [0.15, 0.2) is 22.7 Å². The SMILES string of the molecule is NC1CCC2Cc3c(Br)cccc3N12. The summed E-state index contributed by atoms with van der Waals surface area (Å²) in [5.41, 5.74) is 8.88. The Morgan fingerprint density at radius 2 is 2.21 bits per heavy atom. The van der Waals surface area contributed by atoms with Crippen LogP contribution in [0.5, 0.6) is 0 Å². The van der Waals surface area contributed by atoms with Crippen LogP contribution in [0.2, 0.25) is 0 Å². The van der Waals surface area contributed by atoms with Crippen molar-refractivity contribution in [1.29, 1.82) is 0 Å². The maximum absolute atomic E-state index is 6.10. The highest BCUT2D eigenvalue weighted by Gasteiger charge is 2.38. The van der Waals surface area contributed by atoms with Gasteiger partial charge in [-0.1, -0.05) is 22.0 Å². The molecule has 1 fully saturated rings. The van der Waals surface area contributed by atoms with Crippen molar-refractivity contribution in [1.82, 2.24) is 0 Å². The van der Waals surface area contributed by atoms with Gasteiger partial charge in [0.25, 0.3) is 0 Å². The summed E-state index contributed by atoms with van der Waals surface area (Å²) in [6, 6.07) is 7.05. The van der Waals surface area contributed by atoms with Crippen molar-refractivity contribution in [3.05, 3.63) is 28.2 Å². The van der Waals surface area contributed by atoms with Crippen LogP contribution >= 0.6 is 15.9 Å². The molecule has 0 bridgehead atoms. The van der Waals surface area contributed by atoms with E-state index >= 15 is 0 Å². The molecule has 2 unspecified atom stereocenters. The maximum atomic E-state index is 6.10. The van der Waals surface area contributed by atoms with Gasteiger partial charge in [-0.25, -0.2) is 0 Å². The molecule has 0 aliphatic carbocycles. The van der Waals surface area contributed by atoms with Crippen LogP contribution in [0, 0.1) is 0 Å². The number of rotatable bonds is 0. The summed E-state index contributed by atoms with van der Waals surface area (Å²) in [5, 5.41) is 0. The van der Waals surface area contributed by atoms with Crippen LogP contribution in [-0.4, -0.2) is 12.2 Å². The Morgan fingerprint density at radius 3 is 3.07 bits per heavy atom. The zero-order valence-electron chi connectivity index (χ0n) is 7.91. The molecule has 3 rings (SSSR count). The molecular weight excluding hydrogens is 240 g/mol. The quantitative estimate of drug-likeness (QED) is 0.768. The fourth-order valence-corrected chi connectivity index (χ4v) is 3.23. The molecule has 0 radical (unpaired) electrons. The predicted octanol–water partition coefficient (Wildman–Crippen LogP) is 2.26. The van der Waals surface area contributed by atoms with Gasteiger partial charge in [0.05, 0.1) is 6.17 Å². The first-order valence-corrected chi connectivity index (χ1v) is 5.88. The smallest absolute Gasteiger partial charge is 0.0775 e. The first-order valence-electron chi connectivity index (χ1n) is 5.08. The van der Waals surface area contributed by atoms with Crippen molar-refractivity contribution in [3.8, 4) is 0 Å². The topological polar surface area (TPSA) is 29.3 Å². The monoisotopic (exact) mass is 252 g/mol. The third-order valence-electron chi connectivity index (χ3n) is 3.36. The molecule has 2 aliphatic heterocycles. The normalized spacial score (nSPS) is 29.1. The molecule has 0 aromatic heterocycles. The number of benzene rings is 1. The molecule has 0 spiro atoms. The molecule has 2 N–H and O–H groups in total. The Labute approximate surface area is 92.2 Å². The van der Waals surface area contributed by atoms with Gasteiger partial charge in [0.1, 0.15) is 0 Å². The van der Waals surface area contributed by atoms with Crippen molar-refractivity contribution in [2.24, 2.45) is 5.73 Å². The van der Waals surface area contributed by atoms with E-state index in [0.29, 0.717) is 6.04 Å². The van der Waals surface area contributed by atoms with Gasteiger partial charge in [0, 0.05) is 16.2 Å². The standard InChI is InChI=1S/C11H13BrN2/c12-9-2-1-3-10-8(9)6-7-4-5-11(13)14(7)10/h1-3,7,11H,4-6,13H2. The summed E-state index contributed by atoms with van der Waals surface area (Å²) in [4.78, 5) is 2.39. The average molecular weight is 253 g/mol. The van der Waals surface area contributed by atoms with E-state index < -0.39 is 0 Å². The zero-order chi connectivity index (χ0) is 9.71. The summed E-state index contributed by atoms with van der Waals surface area (Å²) >= 11 is 3.61. The van der Waals surface area contributed by atoms with Crippen LogP contribution in [0.1, 0.15) is 18.4 Å². The number of fused-ring (bicyclic) bond motifs is 3. The largest absolute Gasteiger partial charge is 0.353 e. The Hall–Kier alpha value is -0.540. The molecule has 1 saturated heterocycles. The van der Waals surface area contributed by atoms with E-state index in [1.54, 1.807) is 0 Å². The number of halogens is 1. The van der Waals surface area contributed by atoms with Gasteiger partial charge in [0.2, 0.25) is 0 Å². The highest BCUT2D eigenvalue weighted by atomic mass is 79.9. The third kappa shape index (κ3) is 1.06. The molecule has 2 heterocycles. The number of nitrogens with zero attached hydrogens (tertiary/aromatic N) is 1. The van der Waals surface area contributed by atoms with Crippen molar-refractivity contribution < 1.29 is 0 Å². The van der Waals surface area contributed by atoms with Crippen molar-refractivity contribution in [2.45, 2.75) is 31.5 Å². The first kappa shape index (κ1) is 8.74. The van der Waals surface area contributed by atoms with E-state index in [-0.39, 0.29) is 6.17 Å². The number of anilines is 1. The average Bonchev–Trinajstić information content (AvgIpc) is 2.68. The predicted molar refractivity (Wildman–Crippen MR) is 61.3 cm³/mol. The first-order chi connectivity index (χ1) is 6.77. The van der Waals surface area contributed by atoms with E-state index in [2.05, 4.69) is 39.0 Å². The van der Waals surface area contributed by atoms with Gasteiger partial charge in [-0.05, 0) is 37.0 Å². The maximum Gasteiger partial charge on any atom is 0.0775 e. The van der Waals surface area contributed by atoms with Crippen LogP contribution in [-0.2, 0) is 6.42 Å². The summed E-state index contributed by atoms with van der Waals surface area (Å²) in [5.74, 6) is 0. The third-order valence-corrected chi connectivity index (χ3v) is 4.10. The summed E-state index contributed by atoms with van der Waals surface area (Å²) in [6.45, 7) is 0. The van der Waals surface area contributed by atoms with Crippen LogP contribution in [0.3, 0.4) is 0 Å². The highest BCUT2D eigenvalue weighted by molar-refractivity contribution is 9.10. The van der Waals surface area contributed by atoms with Gasteiger partial charge < -0.3 is 10.6 Å². The van der Waals surface area contributed by atoms with E-state index in [0.717, 1.165) is 12.8 Å². The second kappa shape index (κ2) is 2.97. The van der Waals surface area contributed by atoms with E-state index in [1.165, 1.54) is 22.1 Å². The van der Waals surface area contributed by atoms with E-state index in [4.69, 9.17) is 5.73 Å². The Bertz CT molecular complexity index is 378. The van der Waals surface area contributed by atoms with Gasteiger partial charge in [0.15, 0.2) is 0 Å². The van der Waals surface area contributed by atoms with Crippen molar-refractivity contribution in [3.63, 3.8) is 0 Å². The molecule has 0 amide bonds. The van der Waals surface area contributed by atoms with Gasteiger partial charge in [-0.3, -0.25) is 0 Å². The van der Waals surface area contributed by atoms with Crippen LogP contribution in [0.4, 0.5) is 5.69 Å². The minimum absolute atomic E-state index is 0.232. The van der Waals surface area contributed by atoms with E-state index in [1.807, 2.05) is 0 Å². The second-order valence-corrected chi connectivity index (χ2v) is 5.00. The molecular formula is C11H13BrN2. The number of hydrogen-bond acceptors (Lipinski definition) is 2. The van der Waals surface area contributed by atoms with Gasteiger partial charge in [-0.2, -0.15) is 0 Å². The molecule has 3 heteroatoms. The molecule has 0 saturated carbocycles. The lowest BCUT2D eigenvalue weighted by molar-refractivity contribution is 0.674. The molecule has 2 atom stereocenters. The fourth-order valence-electron chi connectivity index (χ4n) is 2.71. The lowest BCUT2D eigenvalue weighted by atomic mass is 10.1. The van der Waals surface area contributed by atoms with Gasteiger partial charge in [-0.15, -0.1) is 0 Å².